The molecule has 6 heteroatoms. The largest absolute Gasteiger partial charge is 0.463 e. The monoisotopic (exact) mass is 288 g/mol. The molecule has 0 aliphatic rings. The van der Waals surface area contributed by atoms with E-state index in [9.17, 15) is 22.4 Å². The molecule has 0 aliphatic carbocycles. The number of esters is 1. The van der Waals surface area contributed by atoms with Crippen LogP contribution in [0.5, 0.6) is 0 Å². The molecular formula is C14H12F4O2. The number of carbonyl (C=O) groups excluding carboxylic acids is 1. The van der Waals surface area contributed by atoms with Crippen molar-refractivity contribution in [3.05, 3.63) is 53.4 Å². The maximum atomic E-state index is 12.7. The second-order valence-electron chi connectivity index (χ2n) is 3.73. The number of allylic oxidation sites excluding steroid dienone is 2. The highest BCUT2D eigenvalue weighted by atomic mass is 19.4. The van der Waals surface area contributed by atoms with E-state index in [-0.39, 0.29) is 6.61 Å². The van der Waals surface area contributed by atoms with Crippen molar-refractivity contribution in [2.75, 3.05) is 6.61 Å². The Morgan fingerprint density at radius 1 is 1.25 bits per heavy atom. The summed E-state index contributed by atoms with van der Waals surface area (Å²) in [7, 11) is 0. The van der Waals surface area contributed by atoms with Crippen LogP contribution in [0.15, 0.2) is 42.0 Å². The molecule has 0 aliphatic heterocycles. The normalized spacial score (nSPS) is 12.8. The van der Waals surface area contributed by atoms with E-state index in [0.29, 0.717) is 11.6 Å². The van der Waals surface area contributed by atoms with Gasteiger partial charge in [0, 0.05) is 6.08 Å². The van der Waals surface area contributed by atoms with Gasteiger partial charge in [0.1, 0.15) is 5.82 Å². The minimum absolute atomic E-state index is 0.0118. The highest BCUT2D eigenvalue weighted by Crippen LogP contribution is 2.27. The van der Waals surface area contributed by atoms with Crippen LogP contribution in [-0.2, 0) is 9.53 Å². The van der Waals surface area contributed by atoms with Gasteiger partial charge in [-0.2, -0.15) is 13.2 Å². The first-order valence-electron chi connectivity index (χ1n) is 5.72. The van der Waals surface area contributed by atoms with Crippen LogP contribution in [-0.4, -0.2) is 18.8 Å². The van der Waals surface area contributed by atoms with E-state index in [1.807, 2.05) is 0 Å². The summed E-state index contributed by atoms with van der Waals surface area (Å²) in [6.07, 6.45) is -2.42. The van der Waals surface area contributed by atoms with Crippen LogP contribution < -0.4 is 0 Å². The number of hydrogen-bond acceptors (Lipinski definition) is 2. The van der Waals surface area contributed by atoms with Crippen molar-refractivity contribution in [2.24, 2.45) is 0 Å². The second kappa shape index (κ2) is 6.88. The molecule has 108 valence electrons. The molecule has 1 aromatic carbocycles. The minimum Gasteiger partial charge on any atom is -0.463 e. The molecule has 1 rings (SSSR count). The maximum Gasteiger partial charge on any atom is 0.416 e. The third-order valence-corrected chi connectivity index (χ3v) is 2.21. The summed E-state index contributed by atoms with van der Waals surface area (Å²) in [6.45, 7) is 1.48. The summed E-state index contributed by atoms with van der Waals surface area (Å²) < 4.78 is 55.2. The highest BCUT2D eigenvalue weighted by molar-refractivity contribution is 5.84. The Hall–Kier alpha value is -2.11. The van der Waals surface area contributed by atoms with Crippen molar-refractivity contribution in [3.8, 4) is 0 Å². The zero-order chi connectivity index (χ0) is 15.2. The van der Waals surface area contributed by atoms with E-state index < -0.39 is 23.5 Å². The minimum atomic E-state index is -4.68. The first kappa shape index (κ1) is 15.9. The smallest absolute Gasteiger partial charge is 0.416 e. The first-order chi connectivity index (χ1) is 9.32. The fourth-order valence-electron chi connectivity index (χ4n) is 1.30. The molecule has 20 heavy (non-hydrogen) atoms. The van der Waals surface area contributed by atoms with Gasteiger partial charge < -0.3 is 4.74 Å². The van der Waals surface area contributed by atoms with E-state index in [1.54, 1.807) is 0 Å². The van der Waals surface area contributed by atoms with Gasteiger partial charge in [-0.25, -0.2) is 9.18 Å². The zero-order valence-electron chi connectivity index (χ0n) is 10.6. The Kier molecular flexibility index (Phi) is 5.49. The van der Waals surface area contributed by atoms with Crippen LogP contribution in [0.1, 0.15) is 12.5 Å². The van der Waals surface area contributed by atoms with Crippen molar-refractivity contribution in [3.63, 3.8) is 0 Å². The Bertz CT molecular complexity index is 513. The van der Waals surface area contributed by atoms with Gasteiger partial charge in [-0.1, -0.05) is 18.2 Å². The van der Waals surface area contributed by atoms with Crippen molar-refractivity contribution in [1.29, 1.82) is 0 Å². The molecule has 0 bridgehead atoms. The SMILES string of the molecule is CCOC(=O)/C=C(\C=C\c1ccc(F)cc1)C(F)(F)F. The van der Waals surface area contributed by atoms with Crippen LogP contribution in [0, 0.1) is 5.82 Å². The van der Waals surface area contributed by atoms with Gasteiger partial charge in [-0.15, -0.1) is 0 Å². The van der Waals surface area contributed by atoms with Crippen LogP contribution in [0.25, 0.3) is 6.08 Å². The number of rotatable bonds is 4. The molecule has 1 aromatic rings. The molecule has 0 radical (unpaired) electrons. The van der Waals surface area contributed by atoms with Gasteiger partial charge in [0.15, 0.2) is 0 Å². The van der Waals surface area contributed by atoms with Gasteiger partial charge in [0.25, 0.3) is 0 Å². The van der Waals surface area contributed by atoms with Crippen LogP contribution in [0.4, 0.5) is 17.6 Å². The fraction of sp³-hybridized carbons (Fsp3) is 0.214. The highest BCUT2D eigenvalue weighted by Gasteiger charge is 2.32. The lowest BCUT2D eigenvalue weighted by Crippen LogP contribution is -2.13. The molecule has 0 amide bonds. The van der Waals surface area contributed by atoms with Gasteiger partial charge in [0.2, 0.25) is 0 Å². The summed E-state index contributed by atoms with van der Waals surface area (Å²) in [5, 5.41) is 0. The predicted octanol–water partition coefficient (Wildman–Crippen LogP) is 3.89. The second-order valence-corrected chi connectivity index (χ2v) is 3.73. The predicted molar refractivity (Wildman–Crippen MR) is 66.2 cm³/mol. The van der Waals surface area contributed by atoms with Crippen LogP contribution in [0.2, 0.25) is 0 Å². The zero-order valence-corrected chi connectivity index (χ0v) is 10.6. The Labute approximate surface area is 113 Å². The van der Waals surface area contributed by atoms with Crippen molar-refractivity contribution in [2.45, 2.75) is 13.1 Å². The Morgan fingerprint density at radius 3 is 2.35 bits per heavy atom. The maximum absolute atomic E-state index is 12.7. The van der Waals surface area contributed by atoms with Crippen LogP contribution in [0.3, 0.4) is 0 Å². The van der Waals surface area contributed by atoms with Crippen molar-refractivity contribution >= 4 is 12.0 Å². The average Bonchev–Trinajstić information content (AvgIpc) is 2.35. The van der Waals surface area contributed by atoms with E-state index in [2.05, 4.69) is 4.74 Å². The standard InChI is InChI=1S/C14H12F4O2/c1-2-20-13(19)9-11(14(16,17)18)6-3-10-4-7-12(15)8-5-10/h3-9H,2H2,1H3/b6-3+,11-9+. The lowest BCUT2D eigenvalue weighted by molar-refractivity contribution is -0.138. The number of ether oxygens (including phenoxy) is 1. The molecule has 2 nitrogen and oxygen atoms in total. The van der Waals surface area contributed by atoms with E-state index >= 15 is 0 Å². The summed E-state index contributed by atoms with van der Waals surface area (Å²) in [6, 6.07) is 4.90. The number of carbonyl (C=O) groups is 1. The molecule has 0 fully saturated rings. The van der Waals surface area contributed by atoms with E-state index in [1.165, 1.54) is 19.1 Å². The molecule has 0 N–H and O–H groups in total. The topological polar surface area (TPSA) is 26.3 Å². The van der Waals surface area contributed by atoms with E-state index in [0.717, 1.165) is 24.3 Å². The molecule has 0 saturated heterocycles. The average molecular weight is 288 g/mol. The van der Waals surface area contributed by atoms with E-state index in [4.69, 9.17) is 0 Å². The van der Waals surface area contributed by atoms with Crippen molar-refractivity contribution in [1.82, 2.24) is 0 Å². The number of alkyl halides is 3. The molecular weight excluding hydrogens is 276 g/mol. The molecule has 0 unspecified atom stereocenters. The molecule has 0 saturated carbocycles. The summed E-state index contributed by atoms with van der Waals surface area (Å²) in [5.41, 5.74) is -0.759. The van der Waals surface area contributed by atoms with Crippen molar-refractivity contribution < 1.29 is 27.1 Å². The number of halogens is 4. The summed E-state index contributed by atoms with van der Waals surface area (Å²) in [4.78, 5) is 11.1. The van der Waals surface area contributed by atoms with Gasteiger partial charge >= 0.3 is 12.1 Å². The molecule has 0 spiro atoms. The Morgan fingerprint density at radius 2 is 1.85 bits per heavy atom. The summed E-state index contributed by atoms with van der Waals surface area (Å²) >= 11 is 0. The van der Waals surface area contributed by atoms with Crippen LogP contribution >= 0.6 is 0 Å². The third kappa shape index (κ3) is 5.26. The molecule has 0 aromatic heterocycles. The third-order valence-electron chi connectivity index (χ3n) is 2.21. The van der Waals surface area contributed by atoms with Gasteiger partial charge in [-0.05, 0) is 30.7 Å². The number of benzene rings is 1. The van der Waals surface area contributed by atoms with Gasteiger partial charge in [-0.3, -0.25) is 0 Å². The molecule has 0 heterocycles. The fourth-order valence-corrected chi connectivity index (χ4v) is 1.30. The Balaban J connectivity index is 2.96. The summed E-state index contributed by atoms with van der Waals surface area (Å²) in [5.74, 6) is -1.55. The first-order valence-corrected chi connectivity index (χ1v) is 5.72. The van der Waals surface area contributed by atoms with Gasteiger partial charge in [0.05, 0.1) is 12.2 Å². The lowest BCUT2D eigenvalue weighted by atomic mass is 10.1. The number of hydrogen-bond donors (Lipinski definition) is 0. The lowest BCUT2D eigenvalue weighted by Gasteiger charge is -2.07. The molecule has 0 atom stereocenters. The quantitative estimate of drug-likeness (QED) is 0.363.